The number of hydrogen-bond acceptors (Lipinski definition) is 2. The van der Waals surface area contributed by atoms with Crippen LogP contribution >= 0.6 is 0 Å². The van der Waals surface area contributed by atoms with E-state index in [-0.39, 0.29) is 6.61 Å². The summed E-state index contributed by atoms with van der Waals surface area (Å²) in [6.07, 6.45) is 1.19. The Bertz CT molecular complexity index is 348. The number of nitrogens with zero attached hydrogens (tertiary/aromatic N) is 1. The molecule has 2 heteroatoms. The zero-order valence-electron chi connectivity index (χ0n) is 9.53. The normalized spacial score (nSPS) is 19.4. The van der Waals surface area contributed by atoms with Gasteiger partial charge in [-0.2, -0.15) is 0 Å². The van der Waals surface area contributed by atoms with Crippen LogP contribution < -0.4 is 4.90 Å². The highest BCUT2D eigenvalue weighted by atomic mass is 16.3. The molecule has 1 unspecified atom stereocenters. The van der Waals surface area contributed by atoms with Gasteiger partial charge in [-0.25, -0.2) is 0 Å². The molecule has 15 heavy (non-hydrogen) atoms. The zero-order chi connectivity index (χ0) is 10.8. The third-order valence-electron chi connectivity index (χ3n) is 3.13. The van der Waals surface area contributed by atoms with Crippen LogP contribution in [0.15, 0.2) is 18.2 Å². The molecule has 0 saturated heterocycles. The molecule has 0 saturated carbocycles. The molecule has 1 aliphatic heterocycles. The van der Waals surface area contributed by atoms with E-state index in [1.807, 2.05) is 6.07 Å². The molecule has 1 N–H and O–H groups in total. The third kappa shape index (κ3) is 1.86. The van der Waals surface area contributed by atoms with E-state index in [2.05, 4.69) is 30.9 Å². The predicted octanol–water partition coefficient (Wildman–Crippen LogP) is 2.51. The number of anilines is 1. The highest BCUT2D eigenvalue weighted by Crippen LogP contribution is 2.36. The average molecular weight is 205 g/mol. The first-order valence-electron chi connectivity index (χ1n) is 5.75. The van der Waals surface area contributed by atoms with Crippen LogP contribution in [0.1, 0.15) is 37.3 Å². The summed E-state index contributed by atoms with van der Waals surface area (Å²) in [7, 11) is 0. The van der Waals surface area contributed by atoms with Crippen LogP contribution in [0.25, 0.3) is 0 Å². The van der Waals surface area contributed by atoms with Gasteiger partial charge in [-0.15, -0.1) is 0 Å². The molecule has 1 heterocycles. The molecule has 82 valence electrons. The number of aliphatic hydroxyl groups is 1. The van der Waals surface area contributed by atoms with Gasteiger partial charge in [0.15, 0.2) is 0 Å². The Kier molecular flexibility index (Phi) is 2.96. The maximum absolute atomic E-state index is 9.11. The SMILES string of the molecule is CCCN1CC(C)c2cc(CO)ccc21. The monoisotopic (exact) mass is 205 g/mol. The first-order valence-corrected chi connectivity index (χ1v) is 5.75. The molecule has 1 atom stereocenters. The van der Waals surface area contributed by atoms with Crippen molar-refractivity contribution in [1.82, 2.24) is 0 Å². The molecule has 0 aliphatic carbocycles. The Morgan fingerprint density at radius 3 is 2.93 bits per heavy atom. The molecule has 2 nitrogen and oxygen atoms in total. The van der Waals surface area contributed by atoms with Crippen LogP contribution in [0.4, 0.5) is 5.69 Å². The van der Waals surface area contributed by atoms with E-state index < -0.39 is 0 Å². The van der Waals surface area contributed by atoms with Gasteiger partial charge >= 0.3 is 0 Å². The van der Waals surface area contributed by atoms with Gasteiger partial charge < -0.3 is 10.0 Å². The van der Waals surface area contributed by atoms with Gasteiger partial charge in [0.2, 0.25) is 0 Å². The van der Waals surface area contributed by atoms with Crippen molar-refractivity contribution in [3.8, 4) is 0 Å². The van der Waals surface area contributed by atoms with E-state index in [1.54, 1.807) is 0 Å². The molecule has 1 aromatic carbocycles. The van der Waals surface area contributed by atoms with Gasteiger partial charge in [-0.1, -0.05) is 26.0 Å². The number of benzene rings is 1. The summed E-state index contributed by atoms with van der Waals surface area (Å²) < 4.78 is 0. The highest BCUT2D eigenvalue weighted by Gasteiger charge is 2.24. The third-order valence-corrected chi connectivity index (χ3v) is 3.13. The van der Waals surface area contributed by atoms with Crippen molar-refractivity contribution in [2.24, 2.45) is 0 Å². The molecule has 0 amide bonds. The second-order valence-electron chi connectivity index (χ2n) is 4.40. The minimum absolute atomic E-state index is 0.147. The second-order valence-corrected chi connectivity index (χ2v) is 4.40. The fourth-order valence-electron chi connectivity index (χ4n) is 2.39. The van der Waals surface area contributed by atoms with Crippen LogP contribution in [0.2, 0.25) is 0 Å². The van der Waals surface area contributed by atoms with Crippen molar-refractivity contribution in [1.29, 1.82) is 0 Å². The summed E-state index contributed by atoms with van der Waals surface area (Å²) in [6, 6.07) is 6.33. The van der Waals surface area contributed by atoms with E-state index in [1.165, 1.54) is 17.7 Å². The Morgan fingerprint density at radius 2 is 2.27 bits per heavy atom. The fraction of sp³-hybridized carbons (Fsp3) is 0.538. The van der Waals surface area contributed by atoms with Crippen LogP contribution in [-0.2, 0) is 6.61 Å². The number of aliphatic hydroxyl groups excluding tert-OH is 1. The van der Waals surface area contributed by atoms with Crippen molar-refractivity contribution in [2.75, 3.05) is 18.0 Å². The quantitative estimate of drug-likeness (QED) is 0.819. The summed E-state index contributed by atoms with van der Waals surface area (Å²) in [5.74, 6) is 0.595. The molecule has 2 rings (SSSR count). The van der Waals surface area contributed by atoms with Crippen molar-refractivity contribution in [2.45, 2.75) is 32.8 Å². The summed E-state index contributed by atoms with van der Waals surface area (Å²) in [5.41, 5.74) is 3.79. The standard InChI is InChI=1S/C13H19NO/c1-3-6-14-8-10(2)12-7-11(9-15)4-5-13(12)14/h4-5,7,10,15H,3,6,8-9H2,1-2H3. The van der Waals surface area contributed by atoms with E-state index in [4.69, 9.17) is 5.11 Å². The van der Waals surface area contributed by atoms with E-state index in [0.717, 1.165) is 18.7 Å². The van der Waals surface area contributed by atoms with E-state index in [0.29, 0.717) is 5.92 Å². The predicted molar refractivity (Wildman–Crippen MR) is 63.3 cm³/mol. The molecular formula is C13H19NO. The Balaban J connectivity index is 2.32. The van der Waals surface area contributed by atoms with Gasteiger partial charge in [-0.05, 0) is 23.6 Å². The van der Waals surface area contributed by atoms with Crippen LogP contribution in [0.3, 0.4) is 0 Å². The Hall–Kier alpha value is -1.02. The summed E-state index contributed by atoms with van der Waals surface area (Å²) in [5, 5.41) is 9.11. The maximum atomic E-state index is 9.11. The van der Waals surface area contributed by atoms with E-state index >= 15 is 0 Å². The molecule has 1 aliphatic rings. The van der Waals surface area contributed by atoms with Gasteiger partial charge in [0, 0.05) is 24.7 Å². The van der Waals surface area contributed by atoms with Crippen molar-refractivity contribution in [3.63, 3.8) is 0 Å². The van der Waals surface area contributed by atoms with Gasteiger partial charge in [0.1, 0.15) is 0 Å². The summed E-state index contributed by atoms with van der Waals surface area (Å²) in [4.78, 5) is 2.45. The number of fused-ring (bicyclic) bond motifs is 1. The lowest BCUT2D eigenvalue weighted by Crippen LogP contribution is -2.21. The topological polar surface area (TPSA) is 23.5 Å². The minimum atomic E-state index is 0.147. The lowest BCUT2D eigenvalue weighted by Gasteiger charge is -2.18. The van der Waals surface area contributed by atoms with Crippen LogP contribution in [-0.4, -0.2) is 18.2 Å². The molecule has 0 aromatic heterocycles. The second kappa shape index (κ2) is 4.23. The first-order chi connectivity index (χ1) is 7.26. The molecule has 0 spiro atoms. The largest absolute Gasteiger partial charge is 0.392 e. The molecular weight excluding hydrogens is 186 g/mol. The Morgan fingerprint density at radius 1 is 1.47 bits per heavy atom. The fourth-order valence-corrected chi connectivity index (χ4v) is 2.39. The summed E-state index contributed by atoms with van der Waals surface area (Å²) in [6.45, 7) is 6.88. The molecule has 1 aromatic rings. The average Bonchev–Trinajstić information content (AvgIpc) is 2.56. The van der Waals surface area contributed by atoms with Crippen LogP contribution in [0, 0.1) is 0 Å². The zero-order valence-corrected chi connectivity index (χ0v) is 9.53. The summed E-state index contributed by atoms with van der Waals surface area (Å²) >= 11 is 0. The van der Waals surface area contributed by atoms with Crippen molar-refractivity contribution < 1.29 is 5.11 Å². The lowest BCUT2D eigenvalue weighted by atomic mass is 10.0. The van der Waals surface area contributed by atoms with Gasteiger partial charge in [0.05, 0.1) is 6.61 Å². The van der Waals surface area contributed by atoms with Crippen molar-refractivity contribution in [3.05, 3.63) is 29.3 Å². The molecule has 0 radical (unpaired) electrons. The van der Waals surface area contributed by atoms with Crippen molar-refractivity contribution >= 4 is 5.69 Å². The van der Waals surface area contributed by atoms with Gasteiger partial charge in [-0.3, -0.25) is 0 Å². The van der Waals surface area contributed by atoms with Crippen LogP contribution in [0.5, 0.6) is 0 Å². The lowest BCUT2D eigenvalue weighted by molar-refractivity contribution is 0.281. The molecule has 0 bridgehead atoms. The number of hydrogen-bond donors (Lipinski definition) is 1. The minimum Gasteiger partial charge on any atom is -0.392 e. The number of rotatable bonds is 3. The van der Waals surface area contributed by atoms with Gasteiger partial charge in [0.25, 0.3) is 0 Å². The first kappa shape index (κ1) is 10.5. The maximum Gasteiger partial charge on any atom is 0.0681 e. The van der Waals surface area contributed by atoms with E-state index in [9.17, 15) is 0 Å². The highest BCUT2D eigenvalue weighted by molar-refractivity contribution is 5.61. The molecule has 0 fully saturated rings. The smallest absolute Gasteiger partial charge is 0.0681 e. The Labute approximate surface area is 91.5 Å².